The van der Waals surface area contributed by atoms with Crippen LogP contribution in [0, 0.1) is 21.4 Å². The Morgan fingerprint density at radius 2 is 2.25 bits per heavy atom. The summed E-state index contributed by atoms with van der Waals surface area (Å²) >= 11 is 3.37. The average molecular weight is 333 g/mol. The first-order chi connectivity index (χ1) is 9.60. The summed E-state index contributed by atoms with van der Waals surface area (Å²) in [5.74, 6) is 0.332. The fraction of sp³-hybridized carbons (Fsp3) is 0.0769. The lowest BCUT2D eigenvalue weighted by Crippen LogP contribution is -2.04. The van der Waals surface area contributed by atoms with Crippen LogP contribution in [0.4, 0.5) is 11.5 Å². The topological polar surface area (TPSA) is 91.8 Å². The molecule has 0 bridgehead atoms. The zero-order valence-corrected chi connectivity index (χ0v) is 11.8. The molecular weight excluding hydrogens is 324 g/mol. The third kappa shape index (κ3) is 3.30. The average Bonchev–Trinajstić information content (AvgIpc) is 2.45. The van der Waals surface area contributed by atoms with Crippen LogP contribution in [0.2, 0.25) is 0 Å². The van der Waals surface area contributed by atoms with Gasteiger partial charge in [0.15, 0.2) is 0 Å². The highest BCUT2D eigenvalue weighted by molar-refractivity contribution is 9.10. The van der Waals surface area contributed by atoms with Gasteiger partial charge in [0.25, 0.3) is 5.69 Å². The molecule has 1 aromatic carbocycles. The number of rotatable bonds is 4. The number of anilines is 1. The quantitative estimate of drug-likeness (QED) is 0.685. The van der Waals surface area contributed by atoms with Crippen molar-refractivity contribution in [3.05, 3.63) is 62.2 Å². The Bertz CT molecular complexity index is 697. The van der Waals surface area contributed by atoms with E-state index < -0.39 is 4.92 Å². The smallest absolute Gasteiger partial charge is 0.289 e. The van der Waals surface area contributed by atoms with E-state index in [1.54, 1.807) is 0 Å². The van der Waals surface area contributed by atoms with Crippen molar-refractivity contribution in [2.45, 2.75) is 6.54 Å². The van der Waals surface area contributed by atoms with Crippen molar-refractivity contribution in [1.82, 2.24) is 4.98 Å². The van der Waals surface area contributed by atoms with Gasteiger partial charge in [0.2, 0.25) is 0 Å². The van der Waals surface area contributed by atoms with Gasteiger partial charge in [-0.1, -0.05) is 28.1 Å². The number of hydrogen-bond acceptors (Lipinski definition) is 5. The first kappa shape index (κ1) is 14.0. The molecule has 2 aromatic rings. The summed E-state index contributed by atoms with van der Waals surface area (Å²) in [4.78, 5) is 14.0. The van der Waals surface area contributed by atoms with Gasteiger partial charge in [-0.2, -0.15) is 5.26 Å². The second-order valence-electron chi connectivity index (χ2n) is 3.94. The lowest BCUT2D eigenvalue weighted by molar-refractivity contribution is -0.385. The zero-order chi connectivity index (χ0) is 14.5. The molecule has 0 atom stereocenters. The number of nitriles is 1. The van der Waals surface area contributed by atoms with E-state index in [9.17, 15) is 10.1 Å². The van der Waals surface area contributed by atoms with Crippen molar-refractivity contribution < 1.29 is 4.92 Å². The summed E-state index contributed by atoms with van der Waals surface area (Å²) in [6, 6.07) is 10.8. The van der Waals surface area contributed by atoms with Crippen LogP contribution in [0.25, 0.3) is 0 Å². The van der Waals surface area contributed by atoms with E-state index in [1.165, 1.54) is 6.07 Å². The molecule has 0 unspecified atom stereocenters. The van der Waals surface area contributed by atoms with E-state index in [-0.39, 0.29) is 11.3 Å². The molecule has 7 heteroatoms. The molecule has 0 aliphatic heterocycles. The van der Waals surface area contributed by atoms with Crippen molar-refractivity contribution in [1.29, 1.82) is 5.26 Å². The van der Waals surface area contributed by atoms with Gasteiger partial charge >= 0.3 is 0 Å². The molecule has 0 amide bonds. The Labute approximate surface area is 123 Å². The molecule has 0 saturated carbocycles. The normalized spacial score (nSPS) is 9.80. The molecule has 0 saturated heterocycles. The van der Waals surface area contributed by atoms with Crippen molar-refractivity contribution in [3.63, 3.8) is 0 Å². The van der Waals surface area contributed by atoms with E-state index >= 15 is 0 Å². The highest BCUT2D eigenvalue weighted by Gasteiger charge is 2.11. The fourth-order valence-corrected chi connectivity index (χ4v) is 2.06. The van der Waals surface area contributed by atoms with Crippen LogP contribution < -0.4 is 5.32 Å². The summed E-state index contributed by atoms with van der Waals surface area (Å²) in [5.41, 5.74) is 0.951. The molecule has 100 valence electrons. The highest BCUT2D eigenvalue weighted by atomic mass is 79.9. The Morgan fingerprint density at radius 3 is 2.90 bits per heavy atom. The molecule has 0 fully saturated rings. The molecule has 0 aliphatic carbocycles. The largest absolute Gasteiger partial charge is 0.365 e. The van der Waals surface area contributed by atoms with Gasteiger partial charge in [0.05, 0.1) is 4.92 Å². The Morgan fingerprint density at radius 1 is 1.45 bits per heavy atom. The van der Waals surface area contributed by atoms with Gasteiger partial charge in [-0.3, -0.25) is 10.1 Å². The van der Waals surface area contributed by atoms with Crippen molar-refractivity contribution in [2.24, 2.45) is 0 Å². The molecule has 6 nitrogen and oxygen atoms in total. The van der Waals surface area contributed by atoms with Crippen LogP contribution in [0.5, 0.6) is 0 Å². The Kier molecular flexibility index (Phi) is 4.27. The van der Waals surface area contributed by atoms with Gasteiger partial charge in [-0.05, 0) is 17.7 Å². The lowest BCUT2D eigenvalue weighted by atomic mass is 10.2. The monoisotopic (exact) mass is 332 g/mol. The second-order valence-corrected chi connectivity index (χ2v) is 4.86. The number of nitro groups is 1. The number of pyridine rings is 1. The minimum atomic E-state index is -0.577. The van der Waals surface area contributed by atoms with Gasteiger partial charge in [0.1, 0.15) is 23.6 Å². The summed E-state index contributed by atoms with van der Waals surface area (Å²) in [5, 5.41) is 22.6. The van der Waals surface area contributed by atoms with Gasteiger partial charge in [-0.25, -0.2) is 4.98 Å². The van der Waals surface area contributed by atoms with E-state index in [1.807, 2.05) is 30.3 Å². The number of hydrogen-bond donors (Lipinski definition) is 1. The predicted molar refractivity (Wildman–Crippen MR) is 77.1 cm³/mol. The highest BCUT2D eigenvalue weighted by Crippen LogP contribution is 2.19. The summed E-state index contributed by atoms with van der Waals surface area (Å²) < 4.78 is 0.953. The minimum Gasteiger partial charge on any atom is -0.365 e. The standard InChI is InChI=1S/C13H9BrN4O2/c14-11-3-1-2-9(4-11)7-16-13-10(6-15)5-12(8-17-13)18(19)20/h1-5,8H,7H2,(H,16,17). The molecule has 20 heavy (non-hydrogen) atoms. The predicted octanol–water partition coefficient (Wildman–Crippen LogP) is 3.24. The first-order valence-electron chi connectivity index (χ1n) is 5.63. The van der Waals surface area contributed by atoms with Gasteiger partial charge in [0, 0.05) is 17.1 Å². The van der Waals surface area contributed by atoms with Crippen LogP contribution in [-0.4, -0.2) is 9.91 Å². The SMILES string of the molecule is N#Cc1cc([N+](=O)[O-])cnc1NCc1cccc(Br)c1. The van der Waals surface area contributed by atoms with Crippen LogP contribution in [0.15, 0.2) is 41.0 Å². The third-order valence-electron chi connectivity index (χ3n) is 2.55. The lowest BCUT2D eigenvalue weighted by Gasteiger charge is -2.07. The maximum absolute atomic E-state index is 10.6. The summed E-state index contributed by atoms with van der Waals surface area (Å²) in [6.07, 6.45) is 1.13. The first-order valence-corrected chi connectivity index (χ1v) is 6.42. The molecule has 1 aromatic heterocycles. The molecule has 1 N–H and O–H groups in total. The van der Waals surface area contributed by atoms with E-state index in [4.69, 9.17) is 5.26 Å². The molecule has 2 rings (SSSR count). The second kappa shape index (κ2) is 6.12. The zero-order valence-electron chi connectivity index (χ0n) is 10.2. The number of aromatic nitrogens is 1. The van der Waals surface area contributed by atoms with Crippen molar-refractivity contribution in [3.8, 4) is 6.07 Å². The fourth-order valence-electron chi connectivity index (χ4n) is 1.61. The van der Waals surface area contributed by atoms with E-state index in [2.05, 4.69) is 26.2 Å². The van der Waals surface area contributed by atoms with E-state index in [0.717, 1.165) is 16.2 Å². The number of nitrogens with one attached hydrogen (secondary N) is 1. The molecule has 0 spiro atoms. The maximum atomic E-state index is 10.6. The number of halogens is 1. The van der Waals surface area contributed by atoms with Crippen molar-refractivity contribution >= 4 is 27.4 Å². The summed E-state index contributed by atoms with van der Waals surface area (Å²) in [7, 11) is 0. The number of benzene rings is 1. The number of nitrogens with zero attached hydrogens (tertiary/aromatic N) is 3. The minimum absolute atomic E-state index is 0.147. The molecule has 1 heterocycles. The van der Waals surface area contributed by atoms with Crippen molar-refractivity contribution in [2.75, 3.05) is 5.32 Å². The van der Waals surface area contributed by atoms with Gasteiger partial charge in [-0.15, -0.1) is 0 Å². The Balaban J connectivity index is 2.18. The Hall–Kier alpha value is -2.46. The third-order valence-corrected chi connectivity index (χ3v) is 3.05. The van der Waals surface area contributed by atoms with E-state index in [0.29, 0.717) is 12.4 Å². The molecular formula is C13H9BrN4O2. The summed E-state index contributed by atoms with van der Waals surface area (Å²) in [6.45, 7) is 0.471. The molecule has 0 radical (unpaired) electrons. The van der Waals surface area contributed by atoms with Crippen LogP contribution in [-0.2, 0) is 6.54 Å². The maximum Gasteiger partial charge on any atom is 0.289 e. The van der Waals surface area contributed by atoms with Gasteiger partial charge < -0.3 is 5.32 Å². The van der Waals surface area contributed by atoms with Crippen LogP contribution >= 0.6 is 15.9 Å². The van der Waals surface area contributed by atoms with Crippen LogP contribution in [0.3, 0.4) is 0 Å². The van der Waals surface area contributed by atoms with Crippen LogP contribution in [0.1, 0.15) is 11.1 Å². The molecule has 0 aliphatic rings.